The maximum Gasteiger partial charge on any atom is 0.191 e. The minimum atomic E-state index is 0.221. The molecule has 2 aliphatic carbocycles. The molecule has 0 spiro atoms. The Hall–Kier alpha value is -0.810. The molecule has 2 fully saturated rings. The van der Waals surface area contributed by atoms with E-state index in [-0.39, 0.29) is 12.0 Å². The van der Waals surface area contributed by atoms with Crippen molar-refractivity contribution in [2.24, 2.45) is 10.4 Å². The van der Waals surface area contributed by atoms with Gasteiger partial charge in [0.2, 0.25) is 0 Å². The lowest BCUT2D eigenvalue weighted by atomic mass is 9.72. The number of hydrogen-bond donors (Lipinski definition) is 3. The topological polar surface area (TPSA) is 59.9 Å². The molecule has 2 rings (SSSR count). The molecular formula is C19H38N4O. The first-order chi connectivity index (χ1) is 11.7. The number of nitrogens with zero attached hydrogens (tertiary/aromatic N) is 2. The van der Waals surface area contributed by atoms with Crippen molar-refractivity contribution in [3.63, 3.8) is 0 Å². The molecule has 0 aromatic rings. The van der Waals surface area contributed by atoms with Gasteiger partial charge in [-0.1, -0.05) is 26.2 Å². The zero-order valence-electron chi connectivity index (χ0n) is 15.8. The number of aliphatic hydroxyl groups excluding tert-OH is 1. The molecule has 0 aliphatic heterocycles. The van der Waals surface area contributed by atoms with Gasteiger partial charge >= 0.3 is 0 Å². The van der Waals surface area contributed by atoms with E-state index >= 15 is 0 Å². The van der Waals surface area contributed by atoms with Crippen LogP contribution < -0.4 is 10.6 Å². The molecule has 0 radical (unpaired) electrons. The molecule has 2 aliphatic rings. The Morgan fingerprint density at radius 3 is 2.50 bits per heavy atom. The molecule has 0 atom stereocenters. The van der Waals surface area contributed by atoms with Crippen LogP contribution in [0.5, 0.6) is 0 Å². The van der Waals surface area contributed by atoms with Crippen molar-refractivity contribution in [2.45, 2.75) is 71.3 Å². The largest absolute Gasteiger partial charge is 0.396 e. The van der Waals surface area contributed by atoms with Crippen molar-refractivity contribution < 1.29 is 5.11 Å². The number of hydrogen-bond acceptors (Lipinski definition) is 3. The Balaban J connectivity index is 1.83. The van der Waals surface area contributed by atoms with Crippen LogP contribution in [0.3, 0.4) is 0 Å². The summed E-state index contributed by atoms with van der Waals surface area (Å²) < 4.78 is 0. The molecule has 5 heteroatoms. The van der Waals surface area contributed by atoms with Gasteiger partial charge in [-0.2, -0.15) is 0 Å². The maximum atomic E-state index is 9.45. The smallest absolute Gasteiger partial charge is 0.191 e. The summed E-state index contributed by atoms with van der Waals surface area (Å²) in [6.45, 7) is 9.55. The molecule has 140 valence electrons. The van der Waals surface area contributed by atoms with Crippen LogP contribution in [0.15, 0.2) is 4.99 Å². The van der Waals surface area contributed by atoms with Gasteiger partial charge < -0.3 is 15.7 Å². The van der Waals surface area contributed by atoms with E-state index in [4.69, 9.17) is 4.99 Å². The molecule has 0 bridgehead atoms. The summed E-state index contributed by atoms with van der Waals surface area (Å²) in [4.78, 5) is 7.44. The Labute approximate surface area is 148 Å². The highest BCUT2D eigenvalue weighted by atomic mass is 16.3. The number of guanidine groups is 1. The third-order valence-electron chi connectivity index (χ3n) is 5.63. The third kappa shape index (κ3) is 6.25. The van der Waals surface area contributed by atoms with Crippen molar-refractivity contribution in [3.8, 4) is 0 Å². The van der Waals surface area contributed by atoms with Crippen molar-refractivity contribution in [2.75, 3.05) is 39.3 Å². The highest BCUT2D eigenvalue weighted by Crippen LogP contribution is 2.39. The van der Waals surface area contributed by atoms with Crippen molar-refractivity contribution in [3.05, 3.63) is 0 Å². The van der Waals surface area contributed by atoms with Gasteiger partial charge in [0.15, 0.2) is 5.96 Å². The minimum Gasteiger partial charge on any atom is -0.396 e. The average molecular weight is 339 g/mol. The van der Waals surface area contributed by atoms with E-state index in [1.165, 1.54) is 44.9 Å². The lowest BCUT2D eigenvalue weighted by Gasteiger charge is -2.35. The molecule has 2 saturated carbocycles. The van der Waals surface area contributed by atoms with E-state index in [9.17, 15) is 5.11 Å². The van der Waals surface area contributed by atoms with Crippen LogP contribution in [0.25, 0.3) is 0 Å². The lowest BCUT2D eigenvalue weighted by molar-refractivity contribution is 0.137. The molecule has 3 N–H and O–H groups in total. The van der Waals surface area contributed by atoms with Crippen molar-refractivity contribution >= 4 is 5.96 Å². The summed E-state index contributed by atoms with van der Waals surface area (Å²) >= 11 is 0. The molecule has 5 nitrogen and oxygen atoms in total. The fourth-order valence-electron chi connectivity index (χ4n) is 3.97. The first kappa shape index (κ1) is 19.5. The molecule has 0 aromatic heterocycles. The zero-order valence-corrected chi connectivity index (χ0v) is 15.8. The Bertz CT molecular complexity index is 370. The normalized spacial score (nSPS) is 21.1. The summed E-state index contributed by atoms with van der Waals surface area (Å²) in [6.07, 6.45) is 9.95. The number of aliphatic hydroxyl groups is 1. The number of aliphatic imine (C=N–C) groups is 1. The predicted molar refractivity (Wildman–Crippen MR) is 101 cm³/mol. The first-order valence-electron chi connectivity index (χ1n) is 10.1. The molecule has 0 heterocycles. The molecule has 0 saturated heterocycles. The van der Waals surface area contributed by atoms with Gasteiger partial charge in [-0.15, -0.1) is 0 Å². The van der Waals surface area contributed by atoms with Gasteiger partial charge in [0.05, 0.1) is 0 Å². The third-order valence-corrected chi connectivity index (χ3v) is 5.63. The molecule has 24 heavy (non-hydrogen) atoms. The monoisotopic (exact) mass is 338 g/mol. The van der Waals surface area contributed by atoms with E-state index in [0.29, 0.717) is 0 Å². The van der Waals surface area contributed by atoms with Crippen LogP contribution in [0, 0.1) is 5.41 Å². The molecule has 0 aromatic carbocycles. The second kappa shape index (κ2) is 10.2. The molecular weight excluding hydrogens is 300 g/mol. The van der Waals surface area contributed by atoms with E-state index < -0.39 is 0 Å². The first-order valence-corrected chi connectivity index (χ1v) is 10.1. The van der Waals surface area contributed by atoms with E-state index in [1.807, 2.05) is 0 Å². The zero-order chi connectivity index (χ0) is 17.3. The second-order valence-corrected chi connectivity index (χ2v) is 7.52. The Morgan fingerprint density at radius 2 is 1.92 bits per heavy atom. The quantitative estimate of drug-likeness (QED) is 0.423. The van der Waals surface area contributed by atoms with Gasteiger partial charge in [-0.05, 0) is 51.0 Å². The van der Waals surface area contributed by atoms with Crippen molar-refractivity contribution in [1.29, 1.82) is 0 Å². The van der Waals surface area contributed by atoms with Crippen LogP contribution in [-0.4, -0.2) is 61.3 Å². The van der Waals surface area contributed by atoms with E-state index in [1.54, 1.807) is 0 Å². The average Bonchev–Trinajstić information content (AvgIpc) is 3.42. The summed E-state index contributed by atoms with van der Waals surface area (Å²) in [7, 11) is 0. The van der Waals surface area contributed by atoms with Crippen LogP contribution in [0.4, 0.5) is 0 Å². The van der Waals surface area contributed by atoms with Crippen LogP contribution in [0.1, 0.15) is 65.2 Å². The summed E-state index contributed by atoms with van der Waals surface area (Å²) in [6, 6.07) is 0.825. The molecule has 0 amide bonds. The van der Waals surface area contributed by atoms with Gasteiger partial charge in [0.25, 0.3) is 0 Å². The van der Waals surface area contributed by atoms with Gasteiger partial charge in [-0.3, -0.25) is 9.89 Å². The highest BCUT2D eigenvalue weighted by molar-refractivity contribution is 5.79. The van der Waals surface area contributed by atoms with Crippen LogP contribution in [0.2, 0.25) is 0 Å². The van der Waals surface area contributed by atoms with Crippen LogP contribution in [-0.2, 0) is 0 Å². The fraction of sp³-hybridized carbons (Fsp3) is 0.947. The Kier molecular flexibility index (Phi) is 8.33. The summed E-state index contributed by atoms with van der Waals surface area (Å²) in [5.41, 5.74) is 0.221. The molecule has 0 unspecified atom stereocenters. The van der Waals surface area contributed by atoms with Gasteiger partial charge in [0, 0.05) is 38.8 Å². The summed E-state index contributed by atoms with van der Waals surface area (Å²) in [5, 5.41) is 16.3. The highest BCUT2D eigenvalue weighted by Gasteiger charge is 2.31. The van der Waals surface area contributed by atoms with Gasteiger partial charge in [0.1, 0.15) is 0 Å². The fourth-order valence-corrected chi connectivity index (χ4v) is 3.97. The van der Waals surface area contributed by atoms with Gasteiger partial charge in [-0.25, -0.2) is 0 Å². The number of nitrogens with one attached hydrogen (secondary N) is 2. The SMILES string of the molecule is CCNC(=NCC1(CCO)CCCCC1)NCCN(CC)C1CC1. The predicted octanol–water partition coefficient (Wildman–Crippen LogP) is 2.36. The van der Waals surface area contributed by atoms with E-state index in [0.717, 1.165) is 51.1 Å². The maximum absolute atomic E-state index is 9.45. The standard InChI is InChI=1S/C19H38N4O/c1-3-20-18(21-13-14-23(4-2)17-8-9-17)22-16-19(12-15-24)10-6-5-7-11-19/h17,24H,3-16H2,1-2H3,(H2,20,21,22). The minimum absolute atomic E-state index is 0.221. The van der Waals surface area contributed by atoms with Crippen LogP contribution >= 0.6 is 0 Å². The lowest BCUT2D eigenvalue weighted by Crippen LogP contribution is -2.43. The number of rotatable bonds is 10. The van der Waals surface area contributed by atoms with E-state index in [2.05, 4.69) is 29.4 Å². The number of likely N-dealkylation sites (N-methyl/N-ethyl adjacent to an activating group) is 1. The van der Waals surface area contributed by atoms with Crippen molar-refractivity contribution in [1.82, 2.24) is 15.5 Å². The second-order valence-electron chi connectivity index (χ2n) is 7.52. The Morgan fingerprint density at radius 1 is 1.17 bits per heavy atom. The summed E-state index contributed by atoms with van der Waals surface area (Å²) in [5.74, 6) is 0.937.